The molecule has 2 aromatic rings. The summed E-state index contributed by atoms with van der Waals surface area (Å²) in [6, 6.07) is 3.19. The molecular formula is C20H28N6O2. The van der Waals surface area contributed by atoms with Crippen LogP contribution in [0.2, 0.25) is 0 Å². The van der Waals surface area contributed by atoms with Crippen LogP contribution < -0.4 is 5.32 Å². The normalized spacial score (nSPS) is 16.5. The van der Waals surface area contributed by atoms with Gasteiger partial charge in [-0.05, 0) is 39.3 Å². The molecule has 0 spiro atoms. The van der Waals surface area contributed by atoms with Crippen LogP contribution in [0, 0.1) is 13.8 Å². The number of amides is 2. The number of anilines is 1. The number of hydrogen-bond donors (Lipinski definition) is 1. The highest BCUT2D eigenvalue weighted by molar-refractivity contribution is 5.95. The van der Waals surface area contributed by atoms with E-state index in [1.165, 1.54) is 0 Å². The number of nitrogens with one attached hydrogen (secondary N) is 1. The van der Waals surface area contributed by atoms with Gasteiger partial charge in [0, 0.05) is 51.2 Å². The van der Waals surface area contributed by atoms with Crippen LogP contribution in [-0.2, 0) is 11.8 Å². The zero-order chi connectivity index (χ0) is 20.3. The number of aromatic nitrogens is 3. The van der Waals surface area contributed by atoms with Gasteiger partial charge in [0.2, 0.25) is 5.91 Å². The SMILES string of the molecule is Cc1nn(C)c(C)c1NC(=O)C(C)N1CCCN(C(=O)c2ccncc2)CC1. The topological polar surface area (TPSA) is 83.4 Å². The van der Waals surface area contributed by atoms with E-state index in [2.05, 4.69) is 20.3 Å². The van der Waals surface area contributed by atoms with Crippen molar-refractivity contribution in [2.24, 2.45) is 7.05 Å². The quantitative estimate of drug-likeness (QED) is 0.866. The third kappa shape index (κ3) is 4.22. The minimum absolute atomic E-state index is 0.0166. The first-order chi connectivity index (χ1) is 13.4. The standard InChI is InChI=1S/C20H28N6O2/c1-14-18(15(2)24(4)23-14)22-19(27)16(3)25-10-5-11-26(13-12-25)20(28)17-6-8-21-9-7-17/h6-9,16H,5,10-13H2,1-4H3,(H,22,27). The average molecular weight is 384 g/mol. The Bertz CT molecular complexity index is 848. The fourth-order valence-corrected chi connectivity index (χ4v) is 3.55. The minimum Gasteiger partial charge on any atom is -0.337 e. The summed E-state index contributed by atoms with van der Waals surface area (Å²) in [6.45, 7) is 8.47. The van der Waals surface area contributed by atoms with Crippen LogP contribution >= 0.6 is 0 Å². The van der Waals surface area contributed by atoms with Gasteiger partial charge < -0.3 is 10.2 Å². The van der Waals surface area contributed by atoms with E-state index in [0.29, 0.717) is 25.2 Å². The van der Waals surface area contributed by atoms with Gasteiger partial charge in [-0.15, -0.1) is 0 Å². The first-order valence-corrected chi connectivity index (χ1v) is 9.63. The Morgan fingerprint density at radius 3 is 2.46 bits per heavy atom. The Hall–Kier alpha value is -2.74. The molecule has 2 aromatic heterocycles. The largest absolute Gasteiger partial charge is 0.337 e. The highest BCUT2D eigenvalue weighted by Gasteiger charge is 2.27. The van der Waals surface area contributed by atoms with E-state index in [0.717, 1.165) is 30.0 Å². The molecule has 3 heterocycles. The lowest BCUT2D eigenvalue weighted by atomic mass is 10.2. The average Bonchev–Trinajstić information content (AvgIpc) is 2.89. The Morgan fingerprint density at radius 1 is 1.11 bits per heavy atom. The van der Waals surface area contributed by atoms with E-state index >= 15 is 0 Å². The first-order valence-electron chi connectivity index (χ1n) is 9.63. The lowest BCUT2D eigenvalue weighted by molar-refractivity contribution is -0.120. The molecule has 0 aliphatic carbocycles. The second-order valence-electron chi connectivity index (χ2n) is 7.25. The maximum atomic E-state index is 12.8. The zero-order valence-corrected chi connectivity index (χ0v) is 17.0. The van der Waals surface area contributed by atoms with Crippen molar-refractivity contribution in [3.63, 3.8) is 0 Å². The third-order valence-electron chi connectivity index (χ3n) is 5.43. The molecule has 0 radical (unpaired) electrons. The fraction of sp³-hybridized carbons (Fsp3) is 0.500. The zero-order valence-electron chi connectivity index (χ0n) is 17.0. The fourth-order valence-electron chi connectivity index (χ4n) is 3.55. The molecule has 8 nitrogen and oxygen atoms in total. The molecule has 1 aliphatic heterocycles. The number of pyridine rings is 1. The van der Waals surface area contributed by atoms with E-state index in [1.54, 1.807) is 29.2 Å². The highest BCUT2D eigenvalue weighted by Crippen LogP contribution is 2.19. The van der Waals surface area contributed by atoms with Crippen molar-refractivity contribution in [1.82, 2.24) is 24.6 Å². The van der Waals surface area contributed by atoms with Gasteiger partial charge in [-0.2, -0.15) is 5.10 Å². The summed E-state index contributed by atoms with van der Waals surface area (Å²) in [5, 5.41) is 7.37. The van der Waals surface area contributed by atoms with Gasteiger partial charge in [-0.25, -0.2) is 0 Å². The van der Waals surface area contributed by atoms with E-state index in [4.69, 9.17) is 0 Å². The summed E-state index contributed by atoms with van der Waals surface area (Å²) in [5.74, 6) is -0.0314. The molecule has 28 heavy (non-hydrogen) atoms. The van der Waals surface area contributed by atoms with Crippen molar-refractivity contribution in [2.75, 3.05) is 31.5 Å². The lowest BCUT2D eigenvalue weighted by Crippen LogP contribution is -2.44. The summed E-state index contributed by atoms with van der Waals surface area (Å²) in [7, 11) is 1.87. The molecule has 1 N–H and O–H groups in total. The van der Waals surface area contributed by atoms with Crippen LogP contribution in [0.1, 0.15) is 35.1 Å². The maximum absolute atomic E-state index is 12.8. The molecule has 1 aliphatic rings. The molecule has 2 amide bonds. The minimum atomic E-state index is -0.282. The summed E-state index contributed by atoms with van der Waals surface area (Å²) < 4.78 is 1.77. The molecular weight excluding hydrogens is 356 g/mol. The van der Waals surface area contributed by atoms with E-state index in [-0.39, 0.29) is 17.9 Å². The van der Waals surface area contributed by atoms with Gasteiger partial charge >= 0.3 is 0 Å². The van der Waals surface area contributed by atoms with Gasteiger partial charge in [0.25, 0.3) is 5.91 Å². The molecule has 0 bridgehead atoms. The number of rotatable bonds is 4. The highest BCUT2D eigenvalue weighted by atomic mass is 16.2. The number of aryl methyl sites for hydroxylation is 2. The van der Waals surface area contributed by atoms with Gasteiger partial charge in [-0.3, -0.25) is 24.2 Å². The smallest absolute Gasteiger partial charge is 0.254 e. The number of nitrogens with zero attached hydrogens (tertiary/aromatic N) is 5. The third-order valence-corrected chi connectivity index (χ3v) is 5.43. The van der Waals surface area contributed by atoms with Crippen molar-refractivity contribution in [1.29, 1.82) is 0 Å². The second-order valence-corrected chi connectivity index (χ2v) is 7.25. The van der Waals surface area contributed by atoms with Gasteiger partial charge in [-0.1, -0.05) is 0 Å². The maximum Gasteiger partial charge on any atom is 0.254 e. The molecule has 1 atom stereocenters. The first kappa shape index (κ1) is 20.0. The summed E-state index contributed by atoms with van der Waals surface area (Å²) in [5.41, 5.74) is 3.18. The molecule has 1 fully saturated rings. The van der Waals surface area contributed by atoms with Gasteiger partial charge in [0.1, 0.15) is 0 Å². The Kier molecular flexibility index (Phi) is 6.08. The molecule has 0 aromatic carbocycles. The van der Waals surface area contributed by atoms with Gasteiger partial charge in [0.15, 0.2) is 0 Å². The Labute approximate surface area is 165 Å². The predicted octanol–water partition coefficient (Wildman–Crippen LogP) is 1.61. The molecule has 8 heteroatoms. The molecule has 3 rings (SSSR count). The van der Waals surface area contributed by atoms with Crippen LogP contribution in [0.3, 0.4) is 0 Å². The van der Waals surface area contributed by atoms with Crippen LogP contribution in [0.25, 0.3) is 0 Å². The second kappa shape index (κ2) is 8.52. The summed E-state index contributed by atoms with van der Waals surface area (Å²) >= 11 is 0. The lowest BCUT2D eigenvalue weighted by Gasteiger charge is -2.27. The van der Waals surface area contributed by atoms with Crippen LogP contribution in [0.5, 0.6) is 0 Å². The number of carbonyl (C=O) groups is 2. The van der Waals surface area contributed by atoms with E-state index < -0.39 is 0 Å². The van der Waals surface area contributed by atoms with Gasteiger partial charge in [0.05, 0.1) is 23.1 Å². The molecule has 150 valence electrons. The van der Waals surface area contributed by atoms with Crippen LogP contribution in [-0.4, -0.2) is 68.6 Å². The van der Waals surface area contributed by atoms with Crippen molar-refractivity contribution in [3.8, 4) is 0 Å². The van der Waals surface area contributed by atoms with Crippen molar-refractivity contribution in [3.05, 3.63) is 41.5 Å². The molecule has 1 saturated heterocycles. The van der Waals surface area contributed by atoms with E-state index in [1.807, 2.05) is 32.7 Å². The van der Waals surface area contributed by atoms with Crippen molar-refractivity contribution < 1.29 is 9.59 Å². The number of carbonyl (C=O) groups excluding carboxylic acids is 2. The van der Waals surface area contributed by atoms with Crippen LogP contribution in [0.4, 0.5) is 5.69 Å². The Morgan fingerprint density at radius 2 is 1.82 bits per heavy atom. The van der Waals surface area contributed by atoms with Crippen molar-refractivity contribution >= 4 is 17.5 Å². The van der Waals surface area contributed by atoms with E-state index in [9.17, 15) is 9.59 Å². The Balaban J connectivity index is 1.61. The van der Waals surface area contributed by atoms with Crippen LogP contribution in [0.15, 0.2) is 24.5 Å². The molecule has 1 unspecified atom stereocenters. The summed E-state index contributed by atoms with van der Waals surface area (Å²) in [4.78, 5) is 33.4. The predicted molar refractivity (Wildman–Crippen MR) is 107 cm³/mol. The molecule has 0 saturated carbocycles. The van der Waals surface area contributed by atoms with Crippen molar-refractivity contribution in [2.45, 2.75) is 33.2 Å². The monoisotopic (exact) mass is 384 g/mol. The summed E-state index contributed by atoms with van der Waals surface area (Å²) in [6.07, 6.45) is 4.10. The number of hydrogen-bond acceptors (Lipinski definition) is 5.